The molecule has 0 aromatic heterocycles. The number of amides is 2. The highest BCUT2D eigenvalue weighted by molar-refractivity contribution is 5.89. The minimum Gasteiger partial charge on any atom is -0.342 e. The first kappa shape index (κ1) is 17.0. The van der Waals surface area contributed by atoms with Crippen LogP contribution in [-0.2, 0) is 16.0 Å². The molecule has 0 N–H and O–H groups in total. The molecule has 2 aliphatic rings. The Hall–Kier alpha value is -1.84. The molecule has 130 valence electrons. The Morgan fingerprint density at radius 3 is 2.75 bits per heavy atom. The summed E-state index contributed by atoms with van der Waals surface area (Å²) in [6.45, 7) is 4.33. The van der Waals surface area contributed by atoms with Crippen LogP contribution in [0.25, 0.3) is 0 Å². The fourth-order valence-electron chi connectivity index (χ4n) is 4.01. The SMILES string of the molecule is CCC1CCCCN1C(=O)C1CC(=O)N(CCc2ccccc2)C1. The van der Waals surface area contributed by atoms with Crippen molar-refractivity contribution in [1.29, 1.82) is 0 Å². The number of piperidine rings is 1. The number of carbonyl (C=O) groups is 2. The van der Waals surface area contributed by atoms with Gasteiger partial charge in [0.1, 0.15) is 0 Å². The number of likely N-dealkylation sites (tertiary alicyclic amines) is 2. The Labute approximate surface area is 144 Å². The molecule has 0 bridgehead atoms. The van der Waals surface area contributed by atoms with Crippen LogP contribution < -0.4 is 0 Å². The number of hydrogen-bond donors (Lipinski definition) is 0. The zero-order valence-corrected chi connectivity index (χ0v) is 14.6. The van der Waals surface area contributed by atoms with Gasteiger partial charge in [-0.25, -0.2) is 0 Å². The van der Waals surface area contributed by atoms with Crippen molar-refractivity contribution in [3.8, 4) is 0 Å². The monoisotopic (exact) mass is 328 g/mol. The van der Waals surface area contributed by atoms with Gasteiger partial charge in [0, 0.05) is 32.1 Å². The van der Waals surface area contributed by atoms with Gasteiger partial charge in [0.2, 0.25) is 11.8 Å². The molecule has 2 fully saturated rings. The molecular weight excluding hydrogens is 300 g/mol. The normalized spacial score (nSPS) is 24.5. The number of rotatable bonds is 5. The van der Waals surface area contributed by atoms with Crippen LogP contribution in [0, 0.1) is 5.92 Å². The molecule has 1 aromatic rings. The third-order valence-corrected chi connectivity index (χ3v) is 5.46. The van der Waals surface area contributed by atoms with Crippen LogP contribution in [0.4, 0.5) is 0 Å². The second kappa shape index (κ2) is 7.82. The molecule has 2 saturated heterocycles. The lowest BCUT2D eigenvalue weighted by molar-refractivity contribution is -0.139. The number of benzene rings is 1. The summed E-state index contributed by atoms with van der Waals surface area (Å²) in [6.07, 6.45) is 5.69. The van der Waals surface area contributed by atoms with E-state index in [9.17, 15) is 9.59 Å². The zero-order chi connectivity index (χ0) is 16.9. The van der Waals surface area contributed by atoms with E-state index in [1.807, 2.05) is 23.1 Å². The smallest absolute Gasteiger partial charge is 0.228 e. The van der Waals surface area contributed by atoms with E-state index in [-0.39, 0.29) is 17.7 Å². The summed E-state index contributed by atoms with van der Waals surface area (Å²) in [6, 6.07) is 10.6. The van der Waals surface area contributed by atoms with Gasteiger partial charge in [-0.1, -0.05) is 37.3 Å². The Kier molecular flexibility index (Phi) is 5.54. The van der Waals surface area contributed by atoms with Gasteiger partial charge >= 0.3 is 0 Å². The summed E-state index contributed by atoms with van der Waals surface area (Å²) in [5.41, 5.74) is 1.24. The maximum Gasteiger partial charge on any atom is 0.228 e. The first-order valence-corrected chi connectivity index (χ1v) is 9.31. The third-order valence-electron chi connectivity index (χ3n) is 5.46. The first-order valence-electron chi connectivity index (χ1n) is 9.31. The summed E-state index contributed by atoms with van der Waals surface area (Å²) < 4.78 is 0. The minimum atomic E-state index is -0.138. The molecule has 0 aliphatic carbocycles. The van der Waals surface area contributed by atoms with E-state index in [1.165, 1.54) is 12.0 Å². The van der Waals surface area contributed by atoms with Gasteiger partial charge in [-0.2, -0.15) is 0 Å². The van der Waals surface area contributed by atoms with Crippen LogP contribution in [0.1, 0.15) is 44.6 Å². The van der Waals surface area contributed by atoms with E-state index in [4.69, 9.17) is 0 Å². The van der Waals surface area contributed by atoms with Gasteiger partial charge in [0.25, 0.3) is 0 Å². The van der Waals surface area contributed by atoms with Gasteiger partial charge in [-0.3, -0.25) is 9.59 Å². The van der Waals surface area contributed by atoms with Gasteiger partial charge in [-0.15, -0.1) is 0 Å². The van der Waals surface area contributed by atoms with Crippen molar-refractivity contribution in [2.45, 2.75) is 51.5 Å². The zero-order valence-electron chi connectivity index (χ0n) is 14.6. The summed E-state index contributed by atoms with van der Waals surface area (Å²) >= 11 is 0. The molecule has 0 radical (unpaired) electrons. The van der Waals surface area contributed by atoms with Gasteiger partial charge < -0.3 is 9.80 Å². The van der Waals surface area contributed by atoms with E-state index in [1.54, 1.807) is 0 Å². The lowest BCUT2D eigenvalue weighted by Crippen LogP contribution is -2.46. The molecule has 2 aliphatic heterocycles. The molecule has 2 atom stereocenters. The topological polar surface area (TPSA) is 40.6 Å². The van der Waals surface area contributed by atoms with Crippen molar-refractivity contribution in [2.75, 3.05) is 19.6 Å². The fourth-order valence-corrected chi connectivity index (χ4v) is 4.01. The summed E-state index contributed by atoms with van der Waals surface area (Å²) in [4.78, 5) is 29.1. The van der Waals surface area contributed by atoms with Crippen molar-refractivity contribution < 1.29 is 9.59 Å². The Morgan fingerprint density at radius 1 is 1.21 bits per heavy atom. The van der Waals surface area contributed by atoms with Gasteiger partial charge in [0.15, 0.2) is 0 Å². The average Bonchev–Trinajstić information content (AvgIpc) is 3.01. The van der Waals surface area contributed by atoms with Crippen molar-refractivity contribution in [3.05, 3.63) is 35.9 Å². The largest absolute Gasteiger partial charge is 0.342 e. The highest BCUT2D eigenvalue weighted by Gasteiger charge is 2.38. The third kappa shape index (κ3) is 3.80. The second-order valence-electron chi connectivity index (χ2n) is 7.07. The highest BCUT2D eigenvalue weighted by atomic mass is 16.2. The maximum atomic E-state index is 12.9. The quantitative estimate of drug-likeness (QED) is 0.834. The van der Waals surface area contributed by atoms with Gasteiger partial charge in [-0.05, 0) is 37.7 Å². The molecule has 1 aromatic carbocycles. The first-order chi connectivity index (χ1) is 11.7. The van der Waals surface area contributed by atoms with Crippen molar-refractivity contribution >= 4 is 11.8 Å². The van der Waals surface area contributed by atoms with E-state index < -0.39 is 0 Å². The van der Waals surface area contributed by atoms with Crippen molar-refractivity contribution in [3.63, 3.8) is 0 Å². The average molecular weight is 328 g/mol. The molecule has 4 heteroatoms. The Morgan fingerprint density at radius 2 is 2.00 bits per heavy atom. The molecule has 24 heavy (non-hydrogen) atoms. The van der Waals surface area contributed by atoms with E-state index in [0.717, 1.165) is 32.2 Å². The van der Waals surface area contributed by atoms with E-state index in [0.29, 0.717) is 25.6 Å². The van der Waals surface area contributed by atoms with Crippen molar-refractivity contribution in [1.82, 2.24) is 9.80 Å². The molecule has 2 unspecified atom stereocenters. The predicted molar refractivity (Wildman–Crippen MR) is 94.5 cm³/mol. The highest BCUT2D eigenvalue weighted by Crippen LogP contribution is 2.26. The summed E-state index contributed by atoms with van der Waals surface area (Å²) in [5.74, 6) is 0.201. The standard InChI is InChI=1S/C20H28N2O2/c1-2-18-10-6-7-12-22(18)20(24)17-14-19(23)21(15-17)13-11-16-8-4-3-5-9-16/h3-5,8-9,17-18H,2,6-7,10-15H2,1H3. The Balaban J connectivity index is 1.56. The molecule has 0 spiro atoms. The molecule has 4 nitrogen and oxygen atoms in total. The van der Waals surface area contributed by atoms with Crippen LogP contribution in [0.5, 0.6) is 0 Å². The molecule has 2 heterocycles. The van der Waals surface area contributed by atoms with E-state index >= 15 is 0 Å². The predicted octanol–water partition coefficient (Wildman–Crippen LogP) is 2.87. The van der Waals surface area contributed by atoms with E-state index in [2.05, 4.69) is 24.0 Å². The summed E-state index contributed by atoms with van der Waals surface area (Å²) in [7, 11) is 0. The van der Waals surface area contributed by atoms with Crippen LogP contribution in [0.2, 0.25) is 0 Å². The molecule has 0 saturated carbocycles. The van der Waals surface area contributed by atoms with Crippen molar-refractivity contribution in [2.24, 2.45) is 5.92 Å². The van der Waals surface area contributed by atoms with Crippen LogP contribution in [-0.4, -0.2) is 47.3 Å². The van der Waals surface area contributed by atoms with Crippen LogP contribution in [0.15, 0.2) is 30.3 Å². The maximum absolute atomic E-state index is 12.9. The number of carbonyl (C=O) groups excluding carboxylic acids is 2. The molecule has 2 amide bonds. The number of nitrogens with zero attached hydrogens (tertiary/aromatic N) is 2. The Bertz CT molecular complexity index is 572. The number of hydrogen-bond acceptors (Lipinski definition) is 2. The molecule has 3 rings (SSSR count). The molecular formula is C20H28N2O2. The van der Waals surface area contributed by atoms with Crippen LogP contribution in [0.3, 0.4) is 0 Å². The van der Waals surface area contributed by atoms with Crippen LogP contribution >= 0.6 is 0 Å². The summed E-state index contributed by atoms with van der Waals surface area (Å²) in [5, 5.41) is 0. The lowest BCUT2D eigenvalue weighted by Gasteiger charge is -2.36. The fraction of sp³-hybridized carbons (Fsp3) is 0.600. The minimum absolute atomic E-state index is 0.134. The van der Waals surface area contributed by atoms with Gasteiger partial charge in [0.05, 0.1) is 5.92 Å². The second-order valence-corrected chi connectivity index (χ2v) is 7.07. The lowest BCUT2D eigenvalue weighted by atomic mass is 9.97.